The number of anilines is 1. The molecule has 1 saturated heterocycles. The lowest BCUT2D eigenvalue weighted by molar-refractivity contribution is -0.384. The molecule has 40 heavy (non-hydrogen) atoms. The van der Waals surface area contributed by atoms with Gasteiger partial charge in [-0.3, -0.25) is 14.9 Å². The van der Waals surface area contributed by atoms with Crippen molar-refractivity contribution >= 4 is 52.3 Å². The van der Waals surface area contributed by atoms with Crippen molar-refractivity contribution in [2.75, 3.05) is 18.0 Å². The van der Waals surface area contributed by atoms with Gasteiger partial charge in [0.25, 0.3) is 11.6 Å². The van der Waals surface area contributed by atoms with Crippen molar-refractivity contribution in [1.29, 1.82) is 0 Å². The molecule has 2 fully saturated rings. The van der Waals surface area contributed by atoms with Crippen molar-refractivity contribution in [1.82, 2.24) is 5.01 Å². The summed E-state index contributed by atoms with van der Waals surface area (Å²) in [6.45, 7) is 1.55. The van der Waals surface area contributed by atoms with Crippen LogP contribution in [-0.4, -0.2) is 34.6 Å². The zero-order valence-corrected chi connectivity index (χ0v) is 23.3. The van der Waals surface area contributed by atoms with Crippen molar-refractivity contribution in [3.8, 4) is 0 Å². The fraction of sp³-hybridized carbons (Fsp3) is 0.290. The van der Waals surface area contributed by atoms with E-state index >= 15 is 0 Å². The van der Waals surface area contributed by atoms with Gasteiger partial charge in [-0.1, -0.05) is 47.5 Å². The molecule has 2 aliphatic heterocycles. The Bertz CT molecular complexity index is 1510. The summed E-state index contributed by atoms with van der Waals surface area (Å²) >= 11 is 12.3. The average molecular weight is 575 g/mol. The SMILES string of the molecule is O=C(c1ccc(N2CCCC2)c([N+](=O)[O-])c1)N1N=C2/C(=C\c3ccc(Cl)cc3)CCC[C@H]2[C@@H]1c1ccc(Cl)cc1. The van der Waals surface area contributed by atoms with E-state index in [0.29, 0.717) is 15.7 Å². The van der Waals surface area contributed by atoms with E-state index in [1.807, 2.05) is 53.4 Å². The van der Waals surface area contributed by atoms with Crippen LogP contribution in [-0.2, 0) is 0 Å². The molecule has 1 amide bonds. The number of hydrazone groups is 1. The molecular weight excluding hydrogens is 547 g/mol. The van der Waals surface area contributed by atoms with Gasteiger partial charge >= 0.3 is 0 Å². The number of hydrogen-bond acceptors (Lipinski definition) is 5. The molecule has 3 aromatic carbocycles. The monoisotopic (exact) mass is 574 g/mol. The summed E-state index contributed by atoms with van der Waals surface area (Å²) in [6, 6.07) is 19.6. The zero-order valence-electron chi connectivity index (χ0n) is 21.8. The summed E-state index contributed by atoms with van der Waals surface area (Å²) in [7, 11) is 0. The summed E-state index contributed by atoms with van der Waals surface area (Å²) in [4.78, 5) is 27.7. The van der Waals surface area contributed by atoms with Crippen molar-refractivity contribution in [3.63, 3.8) is 0 Å². The predicted molar refractivity (Wildman–Crippen MR) is 159 cm³/mol. The lowest BCUT2D eigenvalue weighted by atomic mass is 9.77. The lowest BCUT2D eigenvalue weighted by Gasteiger charge is -2.29. The highest BCUT2D eigenvalue weighted by Crippen LogP contribution is 2.45. The fourth-order valence-electron chi connectivity index (χ4n) is 6.08. The Labute approximate surface area is 242 Å². The topological polar surface area (TPSA) is 79.0 Å². The number of nitro groups is 1. The lowest BCUT2D eigenvalue weighted by Crippen LogP contribution is -2.32. The highest BCUT2D eigenvalue weighted by molar-refractivity contribution is 6.30. The number of benzene rings is 3. The van der Waals surface area contributed by atoms with Gasteiger partial charge in [0.1, 0.15) is 5.69 Å². The summed E-state index contributed by atoms with van der Waals surface area (Å²) < 4.78 is 0. The Morgan fingerprint density at radius 1 is 0.950 bits per heavy atom. The first-order chi connectivity index (χ1) is 19.4. The first kappa shape index (κ1) is 26.5. The zero-order chi connectivity index (χ0) is 27.8. The molecule has 2 atom stereocenters. The van der Waals surface area contributed by atoms with Crippen LogP contribution in [0.5, 0.6) is 0 Å². The average Bonchev–Trinajstić information content (AvgIpc) is 3.63. The number of nitrogens with zero attached hydrogens (tertiary/aromatic N) is 4. The second-order valence-corrected chi connectivity index (χ2v) is 11.4. The maximum atomic E-state index is 14.1. The van der Waals surface area contributed by atoms with Gasteiger partial charge in [-0.25, -0.2) is 5.01 Å². The van der Waals surface area contributed by atoms with Gasteiger partial charge in [-0.2, -0.15) is 5.10 Å². The van der Waals surface area contributed by atoms with Crippen LogP contribution >= 0.6 is 23.2 Å². The number of allylic oxidation sites excluding steroid dienone is 1. The minimum Gasteiger partial charge on any atom is -0.366 e. The molecule has 9 heteroatoms. The van der Waals surface area contributed by atoms with E-state index in [1.54, 1.807) is 12.1 Å². The van der Waals surface area contributed by atoms with Gasteiger partial charge in [-0.05, 0) is 91.3 Å². The molecule has 1 aliphatic carbocycles. The summed E-state index contributed by atoms with van der Waals surface area (Å²) in [5.41, 5.74) is 4.67. The number of hydrogen-bond donors (Lipinski definition) is 0. The number of fused-ring (bicyclic) bond motifs is 1. The Hall–Kier alpha value is -3.68. The number of carbonyl (C=O) groups is 1. The molecule has 0 N–H and O–H groups in total. The molecule has 204 valence electrons. The van der Waals surface area contributed by atoms with Crippen LogP contribution in [0, 0.1) is 16.0 Å². The van der Waals surface area contributed by atoms with Gasteiger partial charge in [0, 0.05) is 40.7 Å². The number of halogens is 2. The van der Waals surface area contributed by atoms with Crippen LogP contribution in [0.2, 0.25) is 10.0 Å². The Morgan fingerprint density at radius 3 is 2.30 bits per heavy atom. The van der Waals surface area contributed by atoms with Crippen LogP contribution in [0.1, 0.15) is 59.6 Å². The van der Waals surface area contributed by atoms with E-state index < -0.39 is 4.92 Å². The van der Waals surface area contributed by atoms with E-state index in [0.717, 1.165) is 67.6 Å². The quantitative estimate of drug-likeness (QED) is 0.229. The molecule has 0 bridgehead atoms. The molecule has 7 nitrogen and oxygen atoms in total. The van der Waals surface area contributed by atoms with E-state index in [-0.39, 0.29) is 29.1 Å². The summed E-state index contributed by atoms with van der Waals surface area (Å²) in [6.07, 6.45) is 6.80. The second-order valence-electron chi connectivity index (χ2n) is 10.5. The number of nitro benzene ring substituents is 1. The van der Waals surface area contributed by atoms with Gasteiger partial charge < -0.3 is 4.90 Å². The van der Waals surface area contributed by atoms with E-state index in [9.17, 15) is 14.9 Å². The third-order valence-corrected chi connectivity index (χ3v) is 8.50. The van der Waals surface area contributed by atoms with Crippen molar-refractivity contribution in [3.05, 3.63) is 109 Å². The molecule has 6 rings (SSSR count). The minimum atomic E-state index is -0.399. The largest absolute Gasteiger partial charge is 0.366 e. The van der Waals surface area contributed by atoms with Crippen LogP contribution in [0.15, 0.2) is 77.4 Å². The third kappa shape index (κ3) is 5.11. The maximum Gasteiger partial charge on any atom is 0.293 e. The highest BCUT2D eigenvalue weighted by atomic mass is 35.5. The van der Waals surface area contributed by atoms with Crippen LogP contribution in [0.4, 0.5) is 11.4 Å². The van der Waals surface area contributed by atoms with E-state index in [1.165, 1.54) is 11.1 Å². The number of rotatable bonds is 5. The van der Waals surface area contributed by atoms with Crippen LogP contribution in [0.25, 0.3) is 6.08 Å². The molecule has 3 aromatic rings. The first-order valence-electron chi connectivity index (χ1n) is 13.6. The smallest absolute Gasteiger partial charge is 0.293 e. The normalized spacial score (nSPS) is 21.4. The number of carbonyl (C=O) groups excluding carboxylic acids is 1. The van der Waals surface area contributed by atoms with Crippen molar-refractivity contribution < 1.29 is 9.72 Å². The van der Waals surface area contributed by atoms with Crippen molar-refractivity contribution in [2.45, 2.75) is 38.1 Å². The molecule has 1 saturated carbocycles. The fourth-order valence-corrected chi connectivity index (χ4v) is 6.33. The molecule has 3 aliphatic rings. The van der Waals surface area contributed by atoms with Gasteiger partial charge in [-0.15, -0.1) is 0 Å². The summed E-state index contributed by atoms with van der Waals surface area (Å²) in [5.74, 6) is -0.361. The standard InChI is InChI=1S/C31H28Cl2N4O3/c32-24-11-6-20(7-12-24)18-22-4-3-5-26-29(22)34-36(30(26)21-8-13-25(33)14-9-21)31(38)23-10-15-27(28(19-23)37(39)40)35-16-1-2-17-35/h6-15,18-19,26,30H,1-5,16-17H2/b22-18-/t26-,30+/m1/s1. The maximum absolute atomic E-state index is 14.1. The molecule has 0 spiro atoms. The van der Waals surface area contributed by atoms with Gasteiger partial charge in [0.15, 0.2) is 0 Å². The Morgan fingerprint density at radius 2 is 1.62 bits per heavy atom. The summed E-state index contributed by atoms with van der Waals surface area (Å²) in [5, 5.41) is 19.8. The molecule has 0 unspecified atom stereocenters. The van der Waals surface area contributed by atoms with Crippen LogP contribution < -0.4 is 4.90 Å². The Balaban J connectivity index is 1.41. The first-order valence-corrected chi connectivity index (χ1v) is 14.3. The predicted octanol–water partition coefficient (Wildman–Crippen LogP) is 7.94. The Kier molecular flexibility index (Phi) is 7.34. The molecule has 0 radical (unpaired) electrons. The van der Waals surface area contributed by atoms with E-state index in [2.05, 4.69) is 6.08 Å². The highest BCUT2D eigenvalue weighted by Gasteiger charge is 2.44. The molecule has 2 heterocycles. The third-order valence-electron chi connectivity index (χ3n) is 8.00. The van der Waals surface area contributed by atoms with Crippen LogP contribution in [0.3, 0.4) is 0 Å². The number of amides is 1. The molecule has 0 aromatic heterocycles. The minimum absolute atomic E-state index is 0.00344. The van der Waals surface area contributed by atoms with Gasteiger partial charge in [0.2, 0.25) is 0 Å². The molecular formula is C31H28Cl2N4O3. The van der Waals surface area contributed by atoms with E-state index in [4.69, 9.17) is 28.3 Å². The van der Waals surface area contributed by atoms with Crippen molar-refractivity contribution in [2.24, 2.45) is 11.0 Å². The second kappa shape index (κ2) is 11.1. The van der Waals surface area contributed by atoms with Gasteiger partial charge in [0.05, 0.1) is 16.7 Å².